The summed E-state index contributed by atoms with van der Waals surface area (Å²) in [4.78, 5) is 8.55. The maximum atomic E-state index is 4.35. The molecule has 0 bridgehead atoms. The fourth-order valence-corrected chi connectivity index (χ4v) is 0.442. The van der Waals surface area contributed by atoms with Crippen LogP contribution >= 0.6 is 8.73 Å². The van der Waals surface area contributed by atoms with E-state index in [1.807, 2.05) is 0 Å². The molecule has 1 aliphatic heterocycles. The summed E-state index contributed by atoms with van der Waals surface area (Å²) in [6.45, 7) is 0. The van der Waals surface area contributed by atoms with Gasteiger partial charge in [-0.1, -0.05) is 0 Å². The van der Waals surface area contributed by atoms with Crippen molar-refractivity contribution in [3.05, 3.63) is 0 Å². The zero-order chi connectivity index (χ0) is 3.54. The Balaban J connectivity index is 2.08. The molecule has 1 aliphatic rings. The molecule has 0 aliphatic carbocycles. The van der Waals surface area contributed by atoms with Gasteiger partial charge in [0.15, 0.2) is 0 Å². The van der Waals surface area contributed by atoms with Gasteiger partial charge in [-0.2, -0.15) is 0 Å². The highest BCUT2D eigenvalue weighted by Crippen LogP contribution is 2.08. The van der Waals surface area contributed by atoms with Crippen LogP contribution in [-0.4, -0.2) is 6.35 Å². The van der Waals surface area contributed by atoms with Gasteiger partial charge in [0, 0.05) is 8.73 Å². The van der Waals surface area contributed by atoms with Crippen molar-refractivity contribution in [3.63, 3.8) is 0 Å². The molecule has 3 nitrogen and oxygen atoms in total. The molecule has 1 atom stereocenters. The van der Waals surface area contributed by atoms with Gasteiger partial charge in [0.2, 0.25) is 0 Å². The summed E-state index contributed by atoms with van der Waals surface area (Å²) in [5.41, 5.74) is 0. The second-order valence-corrected chi connectivity index (χ2v) is 1.47. The van der Waals surface area contributed by atoms with Crippen LogP contribution in [-0.2, 0) is 9.88 Å². The first-order valence-corrected chi connectivity index (χ1v) is 2.47. The molecule has 0 radical (unpaired) electrons. The van der Waals surface area contributed by atoms with Crippen molar-refractivity contribution >= 4 is 8.73 Å². The lowest BCUT2D eigenvalue weighted by Crippen LogP contribution is -1.88. The van der Waals surface area contributed by atoms with Gasteiger partial charge in [-0.25, -0.2) is 4.89 Å². The summed E-state index contributed by atoms with van der Waals surface area (Å²) < 4.78 is 0. The maximum Gasteiger partial charge on any atom is 0.116 e. The lowest BCUT2D eigenvalue weighted by molar-refractivity contribution is -0.284. The average Bonchev–Trinajstić information content (AvgIpc) is 1.76. The molecule has 0 spiro atoms. The second kappa shape index (κ2) is 1.67. The Bertz CT molecular complexity index is 21.2. The Morgan fingerprint density at radius 1 is 1.80 bits per heavy atom. The zero-order valence-electron chi connectivity index (χ0n) is 2.52. The minimum absolute atomic E-state index is 0.614. The van der Waals surface area contributed by atoms with E-state index in [0.717, 1.165) is 0 Å². The molecule has 0 aromatic rings. The van der Waals surface area contributed by atoms with Gasteiger partial charge in [-0.05, 0) is 0 Å². The summed E-state index contributed by atoms with van der Waals surface area (Å²) in [5, 5.41) is 2.53. The van der Waals surface area contributed by atoms with Crippen LogP contribution in [0.25, 0.3) is 0 Å². The van der Waals surface area contributed by atoms with E-state index in [2.05, 4.69) is 15.1 Å². The van der Waals surface area contributed by atoms with E-state index in [4.69, 9.17) is 0 Å². The van der Waals surface area contributed by atoms with Crippen LogP contribution in [0.4, 0.5) is 0 Å². The molecule has 4 heteroatoms. The first kappa shape index (κ1) is 3.50. The van der Waals surface area contributed by atoms with E-state index in [0.29, 0.717) is 15.1 Å². The van der Waals surface area contributed by atoms with Crippen molar-refractivity contribution < 1.29 is 9.88 Å². The van der Waals surface area contributed by atoms with Gasteiger partial charge in [0.25, 0.3) is 0 Å². The van der Waals surface area contributed by atoms with Gasteiger partial charge in [0.05, 0.1) is 0 Å². The normalized spacial score (nSPS) is 28.8. The van der Waals surface area contributed by atoms with Crippen LogP contribution in [0.1, 0.15) is 0 Å². The topological polar surface area (TPSA) is 30.5 Å². The van der Waals surface area contributed by atoms with E-state index in [1.54, 1.807) is 0 Å². The Morgan fingerprint density at radius 2 is 2.80 bits per heavy atom. The molecule has 1 unspecified atom stereocenters. The minimum Gasteiger partial charge on any atom is -0.212 e. The fraction of sp³-hybridized carbons (Fsp3) is 1.00. The van der Waals surface area contributed by atoms with Crippen LogP contribution in [0.5, 0.6) is 0 Å². The molecule has 1 fully saturated rings. The largest absolute Gasteiger partial charge is 0.212 e. The van der Waals surface area contributed by atoms with Gasteiger partial charge < -0.3 is 0 Å². The molecule has 1 N–H and O–H groups in total. The monoisotopic (exact) mass is 93.0 g/mol. The van der Waals surface area contributed by atoms with Crippen molar-refractivity contribution in [1.29, 1.82) is 0 Å². The van der Waals surface area contributed by atoms with Crippen LogP contribution in [0.3, 0.4) is 0 Å². The molecule has 5 heavy (non-hydrogen) atoms. The van der Waals surface area contributed by atoms with E-state index >= 15 is 0 Å². The molecular weight excluding hydrogens is 89.0 g/mol. The first-order chi connectivity index (χ1) is 2.50. The molecule has 1 heterocycles. The van der Waals surface area contributed by atoms with E-state index < -0.39 is 0 Å². The molecule has 1 rings (SSSR count). The molecule has 30 valence electrons. The molecule has 0 aromatic carbocycles. The smallest absolute Gasteiger partial charge is 0.116 e. The van der Waals surface area contributed by atoms with Gasteiger partial charge in [0.1, 0.15) is 6.35 Å². The van der Waals surface area contributed by atoms with E-state index in [-0.39, 0.29) is 0 Å². The lowest BCUT2D eigenvalue weighted by atomic mass is 11.7. The van der Waals surface area contributed by atoms with E-state index in [1.165, 1.54) is 0 Å². The summed E-state index contributed by atoms with van der Waals surface area (Å²) in [5.74, 6) is 0. The SMILES string of the molecule is C1OONP1. The van der Waals surface area contributed by atoms with Crippen LogP contribution in [0.2, 0.25) is 0 Å². The summed E-state index contributed by atoms with van der Waals surface area (Å²) in [7, 11) is 0.614. The van der Waals surface area contributed by atoms with E-state index in [9.17, 15) is 0 Å². The second-order valence-electron chi connectivity index (χ2n) is 0.624. The quantitative estimate of drug-likeness (QED) is 0.338. The van der Waals surface area contributed by atoms with Gasteiger partial charge in [-0.15, -0.1) is 10.2 Å². The number of hydrogen-bond donors (Lipinski definition) is 1. The predicted molar refractivity (Wildman–Crippen MR) is 18.5 cm³/mol. The first-order valence-electron chi connectivity index (χ1n) is 1.26. The highest BCUT2D eigenvalue weighted by atomic mass is 31.1. The Kier molecular flexibility index (Phi) is 1.17. The third-order valence-corrected chi connectivity index (χ3v) is 0.794. The zero-order valence-corrected chi connectivity index (χ0v) is 3.52. The van der Waals surface area contributed by atoms with Crippen molar-refractivity contribution in [2.75, 3.05) is 6.35 Å². The van der Waals surface area contributed by atoms with Crippen molar-refractivity contribution in [3.8, 4) is 0 Å². The lowest BCUT2D eigenvalue weighted by Gasteiger charge is -1.76. The fourth-order valence-electron chi connectivity index (χ4n) is 0.147. The molecule has 0 saturated carbocycles. The highest BCUT2D eigenvalue weighted by Gasteiger charge is 1.94. The standard InChI is InChI=1S/CH4NO2P/c1-3-4-2-5-1/h2,5H,1H2. The van der Waals surface area contributed by atoms with Crippen LogP contribution in [0, 0.1) is 0 Å². The van der Waals surface area contributed by atoms with Crippen LogP contribution < -0.4 is 5.25 Å². The maximum absolute atomic E-state index is 4.35. The molecular formula is CH4NO2P. The summed E-state index contributed by atoms with van der Waals surface area (Å²) >= 11 is 0. The van der Waals surface area contributed by atoms with Crippen LogP contribution in [0.15, 0.2) is 0 Å². The summed E-state index contributed by atoms with van der Waals surface area (Å²) in [6.07, 6.45) is 0.694. The molecule has 1 saturated heterocycles. The van der Waals surface area contributed by atoms with Crippen molar-refractivity contribution in [2.45, 2.75) is 0 Å². The number of nitrogens with one attached hydrogen (secondary N) is 1. The van der Waals surface area contributed by atoms with Crippen molar-refractivity contribution in [2.24, 2.45) is 0 Å². The van der Waals surface area contributed by atoms with Gasteiger partial charge in [-0.3, -0.25) is 0 Å². The van der Waals surface area contributed by atoms with Gasteiger partial charge >= 0.3 is 0 Å². The average molecular weight is 93.0 g/mol. The Hall–Kier alpha value is 0.310. The molecule has 0 amide bonds. The Morgan fingerprint density at radius 3 is 3.00 bits per heavy atom. The molecule has 0 aromatic heterocycles. The highest BCUT2D eigenvalue weighted by molar-refractivity contribution is 7.35. The number of hydrogen-bond acceptors (Lipinski definition) is 3. The predicted octanol–water partition coefficient (Wildman–Crippen LogP) is 0.00380. The minimum atomic E-state index is 0.614. The third-order valence-electron chi connectivity index (χ3n) is 0.304. The number of rotatable bonds is 0. The van der Waals surface area contributed by atoms with Crippen molar-refractivity contribution in [1.82, 2.24) is 5.25 Å². The third kappa shape index (κ3) is 0.816. The summed E-state index contributed by atoms with van der Waals surface area (Å²) in [6, 6.07) is 0. The Labute approximate surface area is 31.4 Å².